The Kier molecular flexibility index (Phi) is 17.2. The zero-order valence-electron chi connectivity index (χ0n) is 41.6. The summed E-state index contributed by atoms with van der Waals surface area (Å²) in [4.78, 5) is 39.8. The first kappa shape index (κ1) is 50.7. The Morgan fingerprint density at radius 1 is 0.681 bits per heavy atom. The summed E-state index contributed by atoms with van der Waals surface area (Å²) >= 11 is 0. The van der Waals surface area contributed by atoms with E-state index in [1.165, 1.54) is 12.7 Å². The van der Waals surface area contributed by atoms with Gasteiger partial charge in [0.2, 0.25) is 0 Å². The molecule has 0 saturated carbocycles. The molecule has 16 heteroatoms. The van der Waals surface area contributed by atoms with Crippen LogP contribution in [0.1, 0.15) is 55.8 Å². The highest BCUT2D eigenvalue weighted by Crippen LogP contribution is 2.41. The van der Waals surface area contributed by atoms with Crippen LogP contribution in [0.4, 0.5) is 17.1 Å². The minimum atomic E-state index is -0.244. The fourth-order valence-electron chi connectivity index (χ4n) is 8.59. The Balaban J connectivity index is 0.981. The van der Waals surface area contributed by atoms with Gasteiger partial charge in [0.25, 0.3) is 5.91 Å². The molecule has 376 valence electrons. The van der Waals surface area contributed by atoms with Gasteiger partial charge < -0.3 is 57.7 Å². The third-order valence-electron chi connectivity index (χ3n) is 12.5. The maximum atomic E-state index is 14.1. The van der Waals surface area contributed by atoms with Gasteiger partial charge in [0.15, 0.2) is 29.3 Å². The summed E-state index contributed by atoms with van der Waals surface area (Å²) in [5.41, 5.74) is 8.52. The number of hydrogen-bond acceptors (Lipinski definition) is 15. The van der Waals surface area contributed by atoms with Crippen molar-refractivity contribution in [2.75, 3.05) is 87.5 Å². The largest absolute Gasteiger partial charge is 0.497 e. The number of rotatable bonds is 25. The highest BCUT2D eigenvalue weighted by molar-refractivity contribution is 6.05. The van der Waals surface area contributed by atoms with E-state index in [9.17, 15) is 9.59 Å². The molecule has 2 atom stereocenters. The molecule has 3 aliphatic heterocycles. The van der Waals surface area contributed by atoms with Gasteiger partial charge in [-0.05, 0) is 94.4 Å². The third kappa shape index (κ3) is 12.4. The van der Waals surface area contributed by atoms with Crippen molar-refractivity contribution in [2.24, 2.45) is 9.98 Å². The number of carbonyl (C=O) groups excluding carboxylic acids is 2. The fraction of sp³-hybridized carbons (Fsp3) is 0.321. The smallest absolute Gasteiger partial charge is 0.260 e. The molecule has 0 bridgehead atoms. The molecule has 0 aromatic heterocycles. The van der Waals surface area contributed by atoms with E-state index in [2.05, 4.69) is 16.4 Å². The lowest BCUT2D eigenvalue weighted by molar-refractivity contribution is 0.0272. The average Bonchev–Trinajstić information content (AvgIpc) is 3.99. The van der Waals surface area contributed by atoms with E-state index < -0.39 is 0 Å². The number of aldehydes is 1. The number of aliphatic imine (C=N–C) groups is 2. The Morgan fingerprint density at radius 2 is 1.29 bits per heavy atom. The molecular weight excluding hydrogens is 919 g/mol. The van der Waals surface area contributed by atoms with Gasteiger partial charge in [-0.3, -0.25) is 19.6 Å². The van der Waals surface area contributed by atoms with Crippen LogP contribution in [0.5, 0.6) is 34.5 Å². The zero-order chi connectivity index (χ0) is 50.4. The van der Waals surface area contributed by atoms with Crippen molar-refractivity contribution >= 4 is 52.8 Å². The van der Waals surface area contributed by atoms with E-state index in [1.54, 1.807) is 57.6 Å². The molecule has 3 heterocycles. The lowest BCUT2D eigenvalue weighted by Gasteiger charge is -2.19. The van der Waals surface area contributed by atoms with Crippen LogP contribution in [0.25, 0.3) is 11.1 Å². The molecule has 72 heavy (non-hydrogen) atoms. The standard InChI is InChI=1S/C56H61N5O11/c1-60-32-41(39-7-11-47(65-3)12-8-39)24-45(60)30-58-50-28-54(52(67-5)26-43(50)34-62)71-35-37-21-38(23-44(22-37)57-15-16-69-19-20-70-18-17-64-2)36-72-55-29-51-49(27-53(55)68-6)56(63)61-33-42(25-46(61)31-59-51)40-9-13-48(66-4)14-10-40/h7-14,21-23,26-34,45-46,57H,15-20,24-25,35-36H2,1-6H3/b58-30-/t45?,46-/m0/s1. The highest BCUT2D eigenvalue weighted by Gasteiger charge is 2.33. The Morgan fingerprint density at radius 3 is 1.92 bits per heavy atom. The van der Waals surface area contributed by atoms with Gasteiger partial charge in [-0.15, -0.1) is 0 Å². The summed E-state index contributed by atoms with van der Waals surface area (Å²) in [6.45, 7) is 3.22. The number of hydrogen-bond donors (Lipinski definition) is 1. The molecule has 0 saturated heterocycles. The second-order valence-corrected chi connectivity index (χ2v) is 17.2. The summed E-state index contributed by atoms with van der Waals surface area (Å²) in [5, 5.41) is 3.47. The molecular formula is C56H61N5O11. The van der Waals surface area contributed by atoms with Crippen molar-refractivity contribution in [3.8, 4) is 34.5 Å². The Bertz CT molecular complexity index is 2810. The van der Waals surface area contributed by atoms with Gasteiger partial charge in [-0.2, -0.15) is 0 Å². The maximum Gasteiger partial charge on any atom is 0.260 e. The molecule has 16 nitrogen and oxygen atoms in total. The van der Waals surface area contributed by atoms with Gasteiger partial charge >= 0.3 is 0 Å². The topological polar surface area (TPSA) is 160 Å². The van der Waals surface area contributed by atoms with E-state index in [0.717, 1.165) is 57.7 Å². The van der Waals surface area contributed by atoms with Gasteiger partial charge in [-0.25, -0.2) is 0 Å². The van der Waals surface area contributed by atoms with E-state index in [4.69, 9.17) is 52.6 Å². The minimum absolute atomic E-state index is 0.0282. The number of anilines is 1. The molecule has 8 rings (SSSR count). The molecule has 0 fully saturated rings. The number of benzene rings is 5. The second-order valence-electron chi connectivity index (χ2n) is 17.2. The summed E-state index contributed by atoms with van der Waals surface area (Å²) < 4.78 is 51.5. The zero-order valence-corrected chi connectivity index (χ0v) is 41.6. The number of methoxy groups -OCH3 is 5. The first-order valence-corrected chi connectivity index (χ1v) is 23.7. The van der Waals surface area contributed by atoms with Crippen molar-refractivity contribution in [1.82, 2.24) is 9.80 Å². The van der Waals surface area contributed by atoms with Crippen molar-refractivity contribution < 1.29 is 52.2 Å². The third-order valence-corrected chi connectivity index (χ3v) is 12.5. The predicted octanol–water partition coefficient (Wildman–Crippen LogP) is 9.20. The van der Waals surface area contributed by atoms with Gasteiger partial charge in [0.1, 0.15) is 24.7 Å². The van der Waals surface area contributed by atoms with Crippen molar-refractivity contribution in [1.29, 1.82) is 0 Å². The molecule has 0 radical (unpaired) electrons. The average molecular weight is 980 g/mol. The molecule has 5 aromatic carbocycles. The summed E-state index contributed by atoms with van der Waals surface area (Å²) in [6, 6.07) is 28.3. The van der Waals surface area contributed by atoms with Gasteiger partial charge in [0, 0.05) is 75.3 Å². The van der Waals surface area contributed by atoms with E-state index in [1.807, 2.05) is 92.4 Å². The second kappa shape index (κ2) is 24.4. The molecule has 1 unspecified atom stereocenters. The van der Waals surface area contributed by atoms with Crippen LogP contribution < -0.4 is 33.7 Å². The molecule has 5 aromatic rings. The van der Waals surface area contributed by atoms with Crippen LogP contribution in [0.2, 0.25) is 0 Å². The molecule has 1 N–H and O–H groups in total. The molecule has 0 spiro atoms. The number of nitrogens with zero attached hydrogens (tertiary/aromatic N) is 4. The van der Waals surface area contributed by atoms with Crippen LogP contribution in [0, 0.1) is 0 Å². The Labute approximate surface area is 420 Å². The van der Waals surface area contributed by atoms with E-state index in [0.29, 0.717) is 91.5 Å². The predicted molar refractivity (Wildman–Crippen MR) is 277 cm³/mol. The van der Waals surface area contributed by atoms with E-state index in [-0.39, 0.29) is 31.2 Å². The lowest BCUT2D eigenvalue weighted by Crippen LogP contribution is -2.32. The quantitative estimate of drug-likeness (QED) is 0.0335. The van der Waals surface area contributed by atoms with Crippen LogP contribution >= 0.6 is 0 Å². The molecule has 3 aliphatic rings. The SMILES string of the molecule is COCCOCCOCCNc1cc(COc2cc3c(cc2OC)C(=O)N2C=C(c4ccc(OC)cc4)C[C@H]2C=N3)cc(COc2cc(/N=C\C3CC(c4ccc(OC)cc4)=CN3C)c(C=O)cc2OC)c1. The fourth-order valence-corrected chi connectivity index (χ4v) is 8.59. The minimum Gasteiger partial charge on any atom is -0.497 e. The molecule has 1 amide bonds. The maximum absolute atomic E-state index is 14.1. The number of ether oxygens (including phenoxy) is 9. The molecule has 0 aliphatic carbocycles. The van der Waals surface area contributed by atoms with Crippen molar-refractivity contribution in [2.45, 2.75) is 38.1 Å². The summed E-state index contributed by atoms with van der Waals surface area (Å²) in [6.07, 6.45) is 9.81. The van der Waals surface area contributed by atoms with Crippen molar-refractivity contribution in [3.63, 3.8) is 0 Å². The number of amides is 1. The highest BCUT2D eigenvalue weighted by atomic mass is 16.5. The van der Waals surface area contributed by atoms with Gasteiger partial charge in [0.05, 0.1) is 90.5 Å². The lowest BCUT2D eigenvalue weighted by atomic mass is 10.0. The monoisotopic (exact) mass is 979 g/mol. The van der Waals surface area contributed by atoms with Crippen LogP contribution in [-0.2, 0) is 27.4 Å². The number of fused-ring (bicyclic) bond motifs is 2. The first-order valence-electron chi connectivity index (χ1n) is 23.7. The normalized spacial score (nSPS) is 15.9. The van der Waals surface area contributed by atoms with Crippen LogP contribution in [0.15, 0.2) is 113 Å². The Hall–Kier alpha value is -7.66. The van der Waals surface area contributed by atoms with Gasteiger partial charge in [-0.1, -0.05) is 24.3 Å². The van der Waals surface area contributed by atoms with Crippen molar-refractivity contribution in [3.05, 3.63) is 137 Å². The van der Waals surface area contributed by atoms with Crippen LogP contribution in [-0.4, -0.2) is 129 Å². The summed E-state index contributed by atoms with van der Waals surface area (Å²) in [5.74, 6) is 3.02. The number of carbonyl (C=O) groups is 2. The van der Waals surface area contributed by atoms with Crippen LogP contribution in [0.3, 0.4) is 0 Å². The number of nitrogens with one attached hydrogen (secondary N) is 1. The first-order chi connectivity index (χ1) is 35.2. The van der Waals surface area contributed by atoms with E-state index >= 15 is 0 Å². The summed E-state index contributed by atoms with van der Waals surface area (Å²) in [7, 11) is 10.0.